The molecule has 1 atom stereocenters. The van der Waals surface area contributed by atoms with Crippen LogP contribution in [0.25, 0.3) is 0 Å². The summed E-state index contributed by atoms with van der Waals surface area (Å²) in [4.78, 5) is 16.9. The molecule has 28 heavy (non-hydrogen) atoms. The lowest BCUT2D eigenvalue weighted by Gasteiger charge is -2.16. The standard InChI is InChI=1S/C18H25N5O3S2/c1-13(2)23-16(8-9-20-23)21-18(24)14(3)27-17-7-6-15(12-19-17)28(25,26)22-10-4-5-11-22/h6-9,12-14H,4-5,10-11H2,1-3H3,(H,21,24)/t14-/m0/s1. The molecule has 1 aliphatic heterocycles. The van der Waals surface area contributed by atoms with E-state index in [1.807, 2.05) is 13.8 Å². The lowest BCUT2D eigenvalue weighted by molar-refractivity contribution is -0.115. The van der Waals surface area contributed by atoms with Gasteiger partial charge in [0.1, 0.15) is 10.7 Å². The molecule has 152 valence electrons. The minimum atomic E-state index is -3.47. The maximum atomic E-state index is 12.5. The van der Waals surface area contributed by atoms with Gasteiger partial charge in [-0.1, -0.05) is 11.8 Å². The summed E-state index contributed by atoms with van der Waals surface area (Å²) in [5.74, 6) is 0.482. The van der Waals surface area contributed by atoms with E-state index in [4.69, 9.17) is 0 Å². The zero-order chi connectivity index (χ0) is 20.3. The minimum Gasteiger partial charge on any atom is -0.310 e. The number of nitrogens with zero attached hydrogens (tertiary/aromatic N) is 4. The molecule has 0 aliphatic carbocycles. The van der Waals surface area contributed by atoms with E-state index >= 15 is 0 Å². The fourth-order valence-corrected chi connectivity index (χ4v) is 5.21. The summed E-state index contributed by atoms with van der Waals surface area (Å²) in [5, 5.41) is 7.27. The normalized spacial score (nSPS) is 16.4. The Morgan fingerprint density at radius 2 is 1.89 bits per heavy atom. The first-order chi connectivity index (χ1) is 13.3. The van der Waals surface area contributed by atoms with Crippen molar-refractivity contribution in [2.24, 2.45) is 0 Å². The fourth-order valence-electron chi connectivity index (χ4n) is 2.95. The number of hydrogen-bond donors (Lipinski definition) is 1. The summed E-state index contributed by atoms with van der Waals surface area (Å²) in [6.07, 6.45) is 4.80. The second kappa shape index (κ2) is 8.62. The van der Waals surface area contributed by atoms with Crippen LogP contribution in [0.5, 0.6) is 0 Å². The number of carbonyl (C=O) groups excluding carboxylic acids is 1. The monoisotopic (exact) mass is 423 g/mol. The van der Waals surface area contributed by atoms with Crippen molar-refractivity contribution in [3.8, 4) is 0 Å². The smallest absolute Gasteiger partial charge is 0.244 e. The average Bonchev–Trinajstić information content (AvgIpc) is 3.34. The van der Waals surface area contributed by atoms with E-state index in [1.54, 1.807) is 36.0 Å². The summed E-state index contributed by atoms with van der Waals surface area (Å²) in [5.41, 5.74) is 0. The first kappa shape index (κ1) is 20.8. The van der Waals surface area contributed by atoms with E-state index in [9.17, 15) is 13.2 Å². The van der Waals surface area contributed by atoms with Crippen molar-refractivity contribution in [2.45, 2.75) is 54.8 Å². The van der Waals surface area contributed by atoms with Crippen molar-refractivity contribution in [1.82, 2.24) is 19.1 Å². The molecule has 1 saturated heterocycles. The Morgan fingerprint density at radius 3 is 2.50 bits per heavy atom. The molecule has 0 bridgehead atoms. The molecule has 1 aliphatic rings. The highest BCUT2D eigenvalue weighted by atomic mass is 32.2. The molecular formula is C18H25N5O3S2. The van der Waals surface area contributed by atoms with Gasteiger partial charge >= 0.3 is 0 Å². The van der Waals surface area contributed by atoms with Crippen LogP contribution < -0.4 is 5.32 Å². The SMILES string of the molecule is CC(C)n1nccc1NC(=O)[C@H](C)Sc1ccc(S(=O)(=O)N2CCCC2)cn1. The Labute approximate surface area is 169 Å². The summed E-state index contributed by atoms with van der Waals surface area (Å²) < 4.78 is 28.3. The fraction of sp³-hybridized carbons (Fsp3) is 0.500. The first-order valence-corrected chi connectivity index (χ1v) is 11.6. The van der Waals surface area contributed by atoms with E-state index < -0.39 is 15.3 Å². The molecule has 0 unspecified atom stereocenters. The molecule has 1 amide bonds. The lowest BCUT2D eigenvalue weighted by atomic mass is 10.4. The van der Waals surface area contributed by atoms with Gasteiger partial charge in [-0.05, 0) is 45.7 Å². The van der Waals surface area contributed by atoms with Gasteiger partial charge in [-0.2, -0.15) is 9.40 Å². The van der Waals surface area contributed by atoms with Gasteiger partial charge in [0, 0.05) is 31.4 Å². The van der Waals surface area contributed by atoms with Gasteiger partial charge < -0.3 is 5.32 Å². The number of nitrogens with one attached hydrogen (secondary N) is 1. The maximum absolute atomic E-state index is 12.5. The van der Waals surface area contributed by atoms with E-state index in [0.29, 0.717) is 23.9 Å². The Morgan fingerprint density at radius 1 is 1.18 bits per heavy atom. The summed E-state index contributed by atoms with van der Waals surface area (Å²) in [6, 6.07) is 5.10. The third kappa shape index (κ3) is 4.56. The molecular weight excluding hydrogens is 398 g/mol. The van der Waals surface area contributed by atoms with Crippen molar-refractivity contribution >= 4 is 33.5 Å². The summed E-state index contributed by atoms with van der Waals surface area (Å²) in [6.45, 7) is 6.88. The Kier molecular flexibility index (Phi) is 6.41. The van der Waals surface area contributed by atoms with Crippen molar-refractivity contribution in [3.05, 3.63) is 30.6 Å². The molecule has 3 heterocycles. The second-order valence-electron chi connectivity index (χ2n) is 6.95. The van der Waals surface area contributed by atoms with Crippen molar-refractivity contribution in [1.29, 1.82) is 0 Å². The minimum absolute atomic E-state index is 0.139. The number of anilines is 1. The van der Waals surface area contributed by atoms with Gasteiger partial charge in [0.15, 0.2) is 0 Å². The number of amides is 1. The Balaban J connectivity index is 1.63. The number of carbonyl (C=O) groups is 1. The van der Waals surface area contributed by atoms with Crippen LogP contribution in [-0.4, -0.2) is 51.7 Å². The van der Waals surface area contributed by atoms with Crippen LogP contribution in [0.15, 0.2) is 40.5 Å². The van der Waals surface area contributed by atoms with Crippen molar-refractivity contribution < 1.29 is 13.2 Å². The molecule has 0 aromatic carbocycles. The van der Waals surface area contributed by atoms with Crippen LogP contribution in [0.1, 0.15) is 39.7 Å². The number of thioether (sulfide) groups is 1. The highest BCUT2D eigenvalue weighted by molar-refractivity contribution is 8.00. The van der Waals surface area contributed by atoms with Crippen LogP contribution in [0, 0.1) is 0 Å². The second-order valence-corrected chi connectivity index (χ2v) is 10.2. The predicted octanol–water partition coefficient (Wildman–Crippen LogP) is 2.76. The predicted molar refractivity (Wildman–Crippen MR) is 109 cm³/mol. The zero-order valence-corrected chi connectivity index (χ0v) is 17.8. The average molecular weight is 424 g/mol. The van der Waals surface area contributed by atoms with E-state index in [0.717, 1.165) is 12.8 Å². The molecule has 3 rings (SSSR count). The van der Waals surface area contributed by atoms with E-state index in [-0.39, 0.29) is 16.8 Å². The first-order valence-electron chi connectivity index (χ1n) is 9.26. The summed E-state index contributed by atoms with van der Waals surface area (Å²) >= 11 is 1.28. The maximum Gasteiger partial charge on any atom is 0.244 e. The molecule has 0 saturated carbocycles. The van der Waals surface area contributed by atoms with Crippen LogP contribution in [-0.2, 0) is 14.8 Å². The number of rotatable bonds is 7. The Bertz CT molecular complexity index is 919. The molecule has 0 radical (unpaired) electrons. The molecule has 1 N–H and O–H groups in total. The van der Waals surface area contributed by atoms with Gasteiger partial charge in [-0.15, -0.1) is 0 Å². The highest BCUT2D eigenvalue weighted by Gasteiger charge is 2.27. The van der Waals surface area contributed by atoms with Gasteiger partial charge in [0.25, 0.3) is 0 Å². The third-order valence-electron chi connectivity index (χ3n) is 4.49. The summed E-state index contributed by atoms with van der Waals surface area (Å²) in [7, 11) is -3.47. The topological polar surface area (TPSA) is 97.2 Å². The quantitative estimate of drug-likeness (QED) is 0.688. The van der Waals surface area contributed by atoms with Crippen molar-refractivity contribution in [3.63, 3.8) is 0 Å². The number of pyridine rings is 1. The largest absolute Gasteiger partial charge is 0.310 e. The van der Waals surface area contributed by atoms with E-state index in [1.165, 1.54) is 22.3 Å². The van der Waals surface area contributed by atoms with Crippen LogP contribution in [0.2, 0.25) is 0 Å². The molecule has 0 spiro atoms. The van der Waals surface area contributed by atoms with Gasteiger partial charge in [0.05, 0.1) is 16.5 Å². The number of hydrogen-bond acceptors (Lipinski definition) is 6. The number of sulfonamides is 1. The van der Waals surface area contributed by atoms with Crippen molar-refractivity contribution in [2.75, 3.05) is 18.4 Å². The molecule has 10 heteroatoms. The third-order valence-corrected chi connectivity index (χ3v) is 7.42. The van der Waals surface area contributed by atoms with Crippen LogP contribution >= 0.6 is 11.8 Å². The Hall–Kier alpha value is -1.91. The van der Waals surface area contributed by atoms with Crippen LogP contribution in [0.3, 0.4) is 0 Å². The zero-order valence-electron chi connectivity index (χ0n) is 16.2. The lowest BCUT2D eigenvalue weighted by Crippen LogP contribution is -2.28. The molecule has 8 nitrogen and oxygen atoms in total. The van der Waals surface area contributed by atoms with Gasteiger partial charge in [-0.25, -0.2) is 18.1 Å². The van der Waals surface area contributed by atoms with Gasteiger partial charge in [-0.3, -0.25) is 4.79 Å². The van der Waals surface area contributed by atoms with Gasteiger partial charge in [0.2, 0.25) is 15.9 Å². The highest BCUT2D eigenvalue weighted by Crippen LogP contribution is 2.25. The number of aromatic nitrogens is 3. The molecule has 2 aromatic rings. The van der Waals surface area contributed by atoms with E-state index in [2.05, 4.69) is 15.4 Å². The molecule has 2 aromatic heterocycles. The van der Waals surface area contributed by atoms with Crippen LogP contribution in [0.4, 0.5) is 5.82 Å². The molecule has 1 fully saturated rings.